The highest BCUT2D eigenvalue weighted by Gasteiger charge is 2.21. The van der Waals surface area contributed by atoms with Gasteiger partial charge in [0.05, 0.1) is 11.1 Å². The summed E-state index contributed by atoms with van der Waals surface area (Å²) >= 11 is 0. The first kappa shape index (κ1) is 11.6. The van der Waals surface area contributed by atoms with Gasteiger partial charge in [0, 0.05) is 13.1 Å². The molecule has 1 fully saturated rings. The zero-order chi connectivity index (χ0) is 12.3. The number of nitrogens with two attached hydrogens (primary N) is 1. The Morgan fingerprint density at radius 2 is 1.59 bits per heavy atom. The number of hydrogen-bond acceptors (Lipinski definition) is 2. The molecule has 0 unspecified atom stereocenters. The minimum Gasteiger partial charge on any atom is -0.366 e. The van der Waals surface area contributed by atoms with Crippen LogP contribution in [-0.4, -0.2) is 29.8 Å². The average Bonchev–Trinajstić information content (AvgIpc) is 2.39. The van der Waals surface area contributed by atoms with E-state index >= 15 is 0 Å². The molecule has 4 heteroatoms. The SMILES string of the molecule is NC(=O)c1ccccc1C(=O)N1CCCCC1. The molecule has 1 aromatic carbocycles. The molecule has 2 amide bonds. The van der Waals surface area contributed by atoms with E-state index in [1.807, 2.05) is 0 Å². The van der Waals surface area contributed by atoms with Gasteiger partial charge in [-0.25, -0.2) is 0 Å². The molecular weight excluding hydrogens is 216 g/mol. The van der Waals surface area contributed by atoms with Gasteiger partial charge in [0.25, 0.3) is 5.91 Å². The zero-order valence-corrected chi connectivity index (χ0v) is 9.69. The van der Waals surface area contributed by atoms with E-state index in [4.69, 9.17) is 5.73 Å². The van der Waals surface area contributed by atoms with Crippen molar-refractivity contribution in [2.45, 2.75) is 19.3 Å². The standard InChI is InChI=1S/C13H16N2O2/c14-12(16)10-6-2-3-7-11(10)13(17)15-8-4-1-5-9-15/h2-3,6-7H,1,4-5,8-9H2,(H2,14,16). The Labute approximate surface area is 100 Å². The molecule has 0 aliphatic carbocycles. The molecule has 0 atom stereocenters. The number of carbonyl (C=O) groups is 2. The zero-order valence-electron chi connectivity index (χ0n) is 9.69. The lowest BCUT2D eigenvalue weighted by Gasteiger charge is -2.27. The van der Waals surface area contributed by atoms with Gasteiger partial charge in [-0.3, -0.25) is 9.59 Å². The first-order valence-corrected chi connectivity index (χ1v) is 5.88. The molecule has 0 bridgehead atoms. The number of nitrogens with zero attached hydrogens (tertiary/aromatic N) is 1. The predicted molar refractivity (Wildman–Crippen MR) is 64.7 cm³/mol. The number of rotatable bonds is 2. The number of benzene rings is 1. The van der Waals surface area contributed by atoms with Crippen molar-refractivity contribution in [3.8, 4) is 0 Å². The average molecular weight is 232 g/mol. The molecule has 0 aromatic heterocycles. The first-order valence-electron chi connectivity index (χ1n) is 5.88. The van der Waals surface area contributed by atoms with E-state index in [0.29, 0.717) is 11.1 Å². The molecule has 2 rings (SSSR count). The topological polar surface area (TPSA) is 63.4 Å². The fourth-order valence-electron chi connectivity index (χ4n) is 2.15. The molecular formula is C13H16N2O2. The van der Waals surface area contributed by atoms with E-state index in [2.05, 4.69) is 0 Å². The summed E-state index contributed by atoms with van der Waals surface area (Å²) in [5.41, 5.74) is 6.00. The summed E-state index contributed by atoms with van der Waals surface area (Å²) in [5, 5.41) is 0. The summed E-state index contributed by atoms with van der Waals surface area (Å²) in [7, 11) is 0. The summed E-state index contributed by atoms with van der Waals surface area (Å²) in [6, 6.07) is 6.73. The monoisotopic (exact) mass is 232 g/mol. The number of carbonyl (C=O) groups excluding carboxylic acids is 2. The molecule has 0 radical (unpaired) electrons. The fourth-order valence-corrected chi connectivity index (χ4v) is 2.15. The van der Waals surface area contributed by atoms with E-state index in [-0.39, 0.29) is 5.91 Å². The lowest BCUT2D eigenvalue weighted by atomic mass is 10.0. The Bertz CT molecular complexity index is 437. The predicted octanol–water partition coefficient (Wildman–Crippen LogP) is 1.41. The van der Waals surface area contributed by atoms with Gasteiger partial charge in [-0.2, -0.15) is 0 Å². The number of primary amides is 1. The molecule has 2 N–H and O–H groups in total. The summed E-state index contributed by atoms with van der Waals surface area (Å²) in [4.78, 5) is 25.3. The maximum atomic E-state index is 12.2. The molecule has 1 heterocycles. The van der Waals surface area contributed by atoms with Gasteiger partial charge in [0.15, 0.2) is 0 Å². The van der Waals surface area contributed by atoms with Crippen molar-refractivity contribution >= 4 is 11.8 Å². The summed E-state index contributed by atoms with van der Waals surface area (Å²) in [5.74, 6) is -0.634. The van der Waals surface area contributed by atoms with Crippen LogP contribution in [0.5, 0.6) is 0 Å². The van der Waals surface area contributed by atoms with Gasteiger partial charge in [0.1, 0.15) is 0 Å². The molecule has 1 aromatic rings. The van der Waals surface area contributed by atoms with E-state index in [0.717, 1.165) is 25.9 Å². The highest BCUT2D eigenvalue weighted by Crippen LogP contribution is 2.15. The van der Waals surface area contributed by atoms with Crippen molar-refractivity contribution in [1.29, 1.82) is 0 Å². The second-order valence-electron chi connectivity index (χ2n) is 4.26. The van der Waals surface area contributed by atoms with Crippen LogP contribution in [-0.2, 0) is 0 Å². The van der Waals surface area contributed by atoms with E-state index < -0.39 is 5.91 Å². The minimum atomic E-state index is -0.550. The third-order valence-corrected chi connectivity index (χ3v) is 3.07. The van der Waals surface area contributed by atoms with Crippen molar-refractivity contribution in [3.05, 3.63) is 35.4 Å². The maximum absolute atomic E-state index is 12.2. The Morgan fingerprint density at radius 1 is 1.00 bits per heavy atom. The van der Waals surface area contributed by atoms with Crippen LogP contribution in [0, 0.1) is 0 Å². The quantitative estimate of drug-likeness (QED) is 0.838. The highest BCUT2D eigenvalue weighted by molar-refractivity contribution is 6.06. The number of amides is 2. The molecule has 1 aliphatic heterocycles. The highest BCUT2D eigenvalue weighted by atomic mass is 16.2. The minimum absolute atomic E-state index is 0.0842. The van der Waals surface area contributed by atoms with E-state index in [9.17, 15) is 9.59 Å². The largest absolute Gasteiger partial charge is 0.366 e. The molecule has 17 heavy (non-hydrogen) atoms. The van der Waals surface area contributed by atoms with Gasteiger partial charge in [0.2, 0.25) is 5.91 Å². The van der Waals surface area contributed by atoms with Crippen LogP contribution < -0.4 is 5.73 Å². The van der Waals surface area contributed by atoms with Crippen LogP contribution in [0.1, 0.15) is 40.0 Å². The number of hydrogen-bond donors (Lipinski definition) is 1. The summed E-state index contributed by atoms with van der Waals surface area (Å²) in [6.45, 7) is 1.54. The molecule has 1 aliphatic rings. The smallest absolute Gasteiger partial charge is 0.254 e. The Hall–Kier alpha value is -1.84. The summed E-state index contributed by atoms with van der Waals surface area (Å²) < 4.78 is 0. The lowest BCUT2D eigenvalue weighted by Crippen LogP contribution is -2.36. The third kappa shape index (κ3) is 2.46. The molecule has 90 valence electrons. The van der Waals surface area contributed by atoms with Crippen LogP contribution in [0.15, 0.2) is 24.3 Å². The number of likely N-dealkylation sites (tertiary alicyclic amines) is 1. The second kappa shape index (κ2) is 4.99. The Morgan fingerprint density at radius 3 is 2.18 bits per heavy atom. The van der Waals surface area contributed by atoms with Crippen LogP contribution in [0.4, 0.5) is 0 Å². The van der Waals surface area contributed by atoms with Crippen LogP contribution >= 0.6 is 0 Å². The van der Waals surface area contributed by atoms with Gasteiger partial charge in [-0.15, -0.1) is 0 Å². The molecule has 1 saturated heterocycles. The van der Waals surface area contributed by atoms with E-state index in [1.165, 1.54) is 6.42 Å². The van der Waals surface area contributed by atoms with Crippen LogP contribution in [0.25, 0.3) is 0 Å². The normalized spacial score (nSPS) is 15.6. The molecule has 0 saturated carbocycles. The second-order valence-corrected chi connectivity index (χ2v) is 4.26. The van der Waals surface area contributed by atoms with Gasteiger partial charge in [-0.1, -0.05) is 12.1 Å². The van der Waals surface area contributed by atoms with Crippen molar-refractivity contribution in [1.82, 2.24) is 4.90 Å². The number of piperidine rings is 1. The van der Waals surface area contributed by atoms with Crippen molar-refractivity contribution in [3.63, 3.8) is 0 Å². The third-order valence-electron chi connectivity index (χ3n) is 3.07. The first-order chi connectivity index (χ1) is 8.20. The van der Waals surface area contributed by atoms with Gasteiger partial charge in [-0.05, 0) is 31.4 Å². The van der Waals surface area contributed by atoms with Crippen molar-refractivity contribution in [2.75, 3.05) is 13.1 Å². The van der Waals surface area contributed by atoms with Crippen molar-refractivity contribution in [2.24, 2.45) is 5.73 Å². The Kier molecular flexibility index (Phi) is 3.42. The lowest BCUT2D eigenvalue weighted by molar-refractivity contribution is 0.0719. The van der Waals surface area contributed by atoms with Gasteiger partial charge >= 0.3 is 0 Å². The maximum Gasteiger partial charge on any atom is 0.254 e. The van der Waals surface area contributed by atoms with Crippen LogP contribution in [0.2, 0.25) is 0 Å². The van der Waals surface area contributed by atoms with Crippen molar-refractivity contribution < 1.29 is 9.59 Å². The van der Waals surface area contributed by atoms with E-state index in [1.54, 1.807) is 29.2 Å². The Balaban J connectivity index is 2.26. The molecule has 0 spiro atoms. The van der Waals surface area contributed by atoms with Crippen LogP contribution in [0.3, 0.4) is 0 Å². The fraction of sp³-hybridized carbons (Fsp3) is 0.385. The summed E-state index contributed by atoms with van der Waals surface area (Å²) in [6.07, 6.45) is 3.23. The van der Waals surface area contributed by atoms with Gasteiger partial charge < -0.3 is 10.6 Å². The molecule has 4 nitrogen and oxygen atoms in total.